The van der Waals surface area contributed by atoms with E-state index in [1.54, 1.807) is 0 Å². The van der Waals surface area contributed by atoms with Gasteiger partial charge in [-0.3, -0.25) is 0 Å². The van der Waals surface area contributed by atoms with Crippen LogP contribution in [-0.2, 0) is 11.8 Å². The number of aromatic nitrogens is 2. The van der Waals surface area contributed by atoms with Crippen LogP contribution >= 0.6 is 0 Å². The highest BCUT2D eigenvalue weighted by molar-refractivity contribution is 4.99. The van der Waals surface area contributed by atoms with Gasteiger partial charge in [-0.25, -0.2) is 0 Å². The van der Waals surface area contributed by atoms with E-state index in [9.17, 15) is 0 Å². The molecule has 0 spiro atoms. The molecular weight excluding hydrogens is 164 g/mol. The van der Waals surface area contributed by atoms with Gasteiger partial charge in [-0.2, -0.15) is 4.98 Å². The predicted octanol–water partition coefficient (Wildman–Crippen LogP) is 2.32. The second-order valence-electron chi connectivity index (χ2n) is 4.91. The monoisotopic (exact) mass is 180 g/mol. The molecule has 3 heteroatoms. The standard InChI is InChI=1S/C10H16N2O/c1-10(2,3)9-11-8(12-13-9)6-7-4-5-7/h7H,4-6H2,1-3H3. The molecule has 1 aliphatic rings. The zero-order chi connectivity index (χ0) is 9.47. The average Bonchev–Trinajstić information content (AvgIpc) is 2.63. The fourth-order valence-electron chi connectivity index (χ4n) is 1.22. The number of rotatable bonds is 2. The third-order valence-corrected chi connectivity index (χ3v) is 2.28. The van der Waals surface area contributed by atoms with Crippen molar-refractivity contribution in [2.24, 2.45) is 5.92 Å². The van der Waals surface area contributed by atoms with Crippen molar-refractivity contribution in [2.45, 2.75) is 45.4 Å². The Balaban J connectivity index is 2.08. The zero-order valence-corrected chi connectivity index (χ0v) is 8.50. The van der Waals surface area contributed by atoms with Gasteiger partial charge in [0.2, 0.25) is 5.89 Å². The molecule has 0 aromatic carbocycles. The van der Waals surface area contributed by atoms with Crippen molar-refractivity contribution in [1.29, 1.82) is 0 Å². The fraction of sp³-hybridized carbons (Fsp3) is 0.800. The van der Waals surface area contributed by atoms with Crippen LogP contribution in [0, 0.1) is 5.92 Å². The first-order chi connectivity index (χ1) is 6.05. The van der Waals surface area contributed by atoms with E-state index in [0.717, 1.165) is 24.1 Å². The number of nitrogens with zero attached hydrogens (tertiary/aromatic N) is 2. The van der Waals surface area contributed by atoms with Gasteiger partial charge < -0.3 is 4.52 Å². The van der Waals surface area contributed by atoms with Crippen molar-refractivity contribution in [2.75, 3.05) is 0 Å². The third-order valence-electron chi connectivity index (χ3n) is 2.28. The van der Waals surface area contributed by atoms with Gasteiger partial charge in [0, 0.05) is 11.8 Å². The topological polar surface area (TPSA) is 38.9 Å². The average molecular weight is 180 g/mol. The van der Waals surface area contributed by atoms with Crippen LogP contribution in [-0.4, -0.2) is 10.1 Å². The molecule has 1 aromatic heterocycles. The van der Waals surface area contributed by atoms with E-state index in [4.69, 9.17) is 4.52 Å². The lowest BCUT2D eigenvalue weighted by molar-refractivity contribution is 0.318. The van der Waals surface area contributed by atoms with Gasteiger partial charge >= 0.3 is 0 Å². The first-order valence-electron chi connectivity index (χ1n) is 4.89. The summed E-state index contributed by atoms with van der Waals surface area (Å²) in [5, 5.41) is 3.98. The van der Waals surface area contributed by atoms with Gasteiger partial charge in [-0.1, -0.05) is 25.9 Å². The Kier molecular flexibility index (Phi) is 1.90. The maximum absolute atomic E-state index is 5.20. The first-order valence-corrected chi connectivity index (χ1v) is 4.89. The van der Waals surface area contributed by atoms with Crippen LogP contribution in [0.3, 0.4) is 0 Å². The van der Waals surface area contributed by atoms with Gasteiger partial charge in [0.1, 0.15) is 0 Å². The molecule has 1 aromatic rings. The number of hydrogen-bond acceptors (Lipinski definition) is 3. The summed E-state index contributed by atoms with van der Waals surface area (Å²) in [7, 11) is 0. The Morgan fingerprint density at radius 1 is 1.38 bits per heavy atom. The van der Waals surface area contributed by atoms with Crippen LogP contribution in [0.5, 0.6) is 0 Å². The van der Waals surface area contributed by atoms with Gasteiger partial charge in [0.25, 0.3) is 0 Å². The molecule has 1 heterocycles. The molecule has 13 heavy (non-hydrogen) atoms. The molecule has 0 amide bonds. The Hall–Kier alpha value is -0.860. The highest BCUT2D eigenvalue weighted by Gasteiger charge is 2.26. The summed E-state index contributed by atoms with van der Waals surface area (Å²) < 4.78 is 5.20. The van der Waals surface area contributed by atoms with Crippen molar-refractivity contribution >= 4 is 0 Å². The Morgan fingerprint density at radius 2 is 2.08 bits per heavy atom. The van der Waals surface area contributed by atoms with E-state index < -0.39 is 0 Å². The van der Waals surface area contributed by atoms with Crippen molar-refractivity contribution in [3.05, 3.63) is 11.7 Å². The van der Waals surface area contributed by atoms with Crippen LogP contribution in [0.1, 0.15) is 45.3 Å². The molecule has 2 rings (SSSR count). The molecule has 0 bridgehead atoms. The minimum absolute atomic E-state index is 0.0190. The molecule has 0 aliphatic heterocycles. The molecule has 1 aliphatic carbocycles. The second kappa shape index (κ2) is 2.82. The largest absolute Gasteiger partial charge is 0.339 e. The molecule has 1 fully saturated rings. The molecule has 1 saturated carbocycles. The highest BCUT2D eigenvalue weighted by atomic mass is 16.5. The quantitative estimate of drug-likeness (QED) is 0.701. The molecular formula is C10H16N2O. The van der Waals surface area contributed by atoms with Crippen molar-refractivity contribution < 1.29 is 4.52 Å². The van der Waals surface area contributed by atoms with Gasteiger partial charge in [-0.15, -0.1) is 0 Å². The van der Waals surface area contributed by atoms with E-state index in [0.29, 0.717) is 0 Å². The molecule has 0 saturated heterocycles. The zero-order valence-electron chi connectivity index (χ0n) is 8.50. The lowest BCUT2D eigenvalue weighted by Gasteiger charge is -2.10. The van der Waals surface area contributed by atoms with Crippen LogP contribution in [0.15, 0.2) is 4.52 Å². The van der Waals surface area contributed by atoms with Crippen LogP contribution in [0.2, 0.25) is 0 Å². The normalized spacial score (nSPS) is 17.8. The maximum Gasteiger partial charge on any atom is 0.232 e. The van der Waals surface area contributed by atoms with Gasteiger partial charge in [0.15, 0.2) is 5.82 Å². The van der Waals surface area contributed by atoms with Crippen molar-refractivity contribution in [3.8, 4) is 0 Å². The Morgan fingerprint density at radius 3 is 2.54 bits per heavy atom. The molecule has 0 radical (unpaired) electrons. The summed E-state index contributed by atoms with van der Waals surface area (Å²) in [4.78, 5) is 4.38. The number of hydrogen-bond donors (Lipinski definition) is 0. The fourth-order valence-corrected chi connectivity index (χ4v) is 1.22. The van der Waals surface area contributed by atoms with Gasteiger partial charge in [-0.05, 0) is 18.8 Å². The lowest BCUT2D eigenvalue weighted by atomic mass is 9.97. The Labute approximate surface area is 78.5 Å². The van der Waals surface area contributed by atoms with E-state index in [-0.39, 0.29) is 5.41 Å². The van der Waals surface area contributed by atoms with E-state index >= 15 is 0 Å². The van der Waals surface area contributed by atoms with Crippen LogP contribution < -0.4 is 0 Å². The first kappa shape index (κ1) is 8.73. The summed E-state index contributed by atoms with van der Waals surface area (Å²) in [6.45, 7) is 6.25. The second-order valence-corrected chi connectivity index (χ2v) is 4.91. The molecule has 0 N–H and O–H groups in total. The van der Waals surface area contributed by atoms with E-state index in [1.807, 2.05) is 0 Å². The van der Waals surface area contributed by atoms with Crippen molar-refractivity contribution in [1.82, 2.24) is 10.1 Å². The molecule has 3 nitrogen and oxygen atoms in total. The van der Waals surface area contributed by atoms with Crippen LogP contribution in [0.25, 0.3) is 0 Å². The minimum Gasteiger partial charge on any atom is -0.339 e. The SMILES string of the molecule is CC(C)(C)c1nc(CC2CC2)no1. The van der Waals surface area contributed by atoms with Gasteiger partial charge in [0.05, 0.1) is 0 Å². The predicted molar refractivity (Wildman–Crippen MR) is 49.4 cm³/mol. The lowest BCUT2D eigenvalue weighted by Crippen LogP contribution is -2.11. The third kappa shape index (κ3) is 2.08. The summed E-state index contributed by atoms with van der Waals surface area (Å²) in [6.07, 6.45) is 3.67. The Bertz CT molecular complexity index is 294. The van der Waals surface area contributed by atoms with Crippen molar-refractivity contribution in [3.63, 3.8) is 0 Å². The molecule has 0 unspecified atom stereocenters. The summed E-state index contributed by atoms with van der Waals surface area (Å²) in [5.74, 6) is 2.46. The summed E-state index contributed by atoms with van der Waals surface area (Å²) in [5.41, 5.74) is -0.0190. The molecule has 72 valence electrons. The summed E-state index contributed by atoms with van der Waals surface area (Å²) >= 11 is 0. The maximum atomic E-state index is 5.20. The molecule has 0 atom stereocenters. The minimum atomic E-state index is -0.0190. The van der Waals surface area contributed by atoms with E-state index in [2.05, 4.69) is 30.9 Å². The van der Waals surface area contributed by atoms with Crippen LogP contribution in [0.4, 0.5) is 0 Å². The highest BCUT2D eigenvalue weighted by Crippen LogP contribution is 2.32. The van der Waals surface area contributed by atoms with E-state index in [1.165, 1.54) is 12.8 Å². The smallest absolute Gasteiger partial charge is 0.232 e. The summed E-state index contributed by atoms with van der Waals surface area (Å²) in [6, 6.07) is 0.